The molecular formula is C4H11NO2. The monoisotopic (exact) mass is 105 g/mol. The summed E-state index contributed by atoms with van der Waals surface area (Å²) >= 11 is 0. The van der Waals surface area contributed by atoms with E-state index in [0.29, 0.717) is 13.1 Å². The molecule has 0 fully saturated rings. The molecule has 0 bridgehead atoms. The minimum absolute atomic E-state index is 0.0182. The van der Waals surface area contributed by atoms with Gasteiger partial charge in [0.25, 0.3) is 0 Å². The molecule has 44 valence electrons. The van der Waals surface area contributed by atoms with Crippen molar-refractivity contribution in [2.24, 2.45) is 0 Å². The molecule has 7 heavy (non-hydrogen) atoms. The number of aliphatic hydroxyl groups is 1. The fraction of sp³-hybridized carbons (Fsp3) is 1.00. The molecule has 0 aromatic heterocycles. The van der Waals surface area contributed by atoms with E-state index in [-0.39, 0.29) is 6.61 Å². The Balaban J connectivity index is 2.83. The Kier molecular flexibility index (Phi) is 3.98. The van der Waals surface area contributed by atoms with Gasteiger partial charge < -0.3 is 10.3 Å². The number of hydroxylamine groups is 2. The summed E-state index contributed by atoms with van der Waals surface area (Å²) in [6.07, 6.45) is 0. The molecule has 2 N–H and O–H groups in total. The number of hydrogen-bond donors (Lipinski definition) is 2. The average molecular weight is 105 g/mol. The molecule has 0 aliphatic carbocycles. The van der Waals surface area contributed by atoms with E-state index in [1.165, 1.54) is 0 Å². The molecule has 3 nitrogen and oxygen atoms in total. The third-order valence-electron chi connectivity index (χ3n) is 0.723. The van der Waals surface area contributed by atoms with E-state index in [0.717, 1.165) is 5.06 Å². The van der Waals surface area contributed by atoms with Gasteiger partial charge in [0.15, 0.2) is 0 Å². The van der Waals surface area contributed by atoms with Crippen LogP contribution < -0.4 is 0 Å². The SMILES string of the molecule is CCN(O)CCO. The second kappa shape index (κ2) is 4.05. The number of nitrogens with zero attached hydrogens (tertiary/aromatic N) is 1. The van der Waals surface area contributed by atoms with Crippen LogP contribution >= 0.6 is 0 Å². The van der Waals surface area contributed by atoms with E-state index in [9.17, 15) is 0 Å². The smallest absolute Gasteiger partial charge is 0.0581 e. The summed E-state index contributed by atoms with van der Waals surface area (Å²) in [5.74, 6) is 0. The first kappa shape index (κ1) is 6.88. The van der Waals surface area contributed by atoms with Crippen molar-refractivity contribution in [2.45, 2.75) is 6.92 Å². The molecule has 0 aromatic carbocycles. The third-order valence-corrected chi connectivity index (χ3v) is 0.723. The van der Waals surface area contributed by atoms with Crippen LogP contribution in [0.25, 0.3) is 0 Å². The van der Waals surface area contributed by atoms with Crippen molar-refractivity contribution in [1.82, 2.24) is 5.06 Å². The lowest BCUT2D eigenvalue weighted by atomic mass is 10.6. The Morgan fingerprint density at radius 2 is 2.14 bits per heavy atom. The van der Waals surface area contributed by atoms with E-state index < -0.39 is 0 Å². The summed E-state index contributed by atoms with van der Waals surface area (Å²) < 4.78 is 0. The van der Waals surface area contributed by atoms with E-state index in [1.54, 1.807) is 0 Å². The van der Waals surface area contributed by atoms with Crippen molar-refractivity contribution in [3.63, 3.8) is 0 Å². The fourth-order valence-corrected chi connectivity index (χ4v) is 0.274. The predicted molar refractivity (Wildman–Crippen MR) is 26.1 cm³/mol. The molecule has 0 radical (unpaired) electrons. The maximum absolute atomic E-state index is 8.53. The van der Waals surface area contributed by atoms with Gasteiger partial charge in [0.2, 0.25) is 0 Å². The summed E-state index contributed by atoms with van der Waals surface area (Å²) in [7, 11) is 0. The number of likely N-dealkylation sites (N-methyl/N-ethyl adjacent to an activating group) is 1. The second-order valence-corrected chi connectivity index (χ2v) is 1.27. The van der Waals surface area contributed by atoms with Crippen LogP contribution in [0.4, 0.5) is 0 Å². The van der Waals surface area contributed by atoms with Crippen molar-refractivity contribution >= 4 is 0 Å². The molecule has 0 saturated heterocycles. The van der Waals surface area contributed by atoms with Crippen LogP contribution in [0.15, 0.2) is 0 Å². The van der Waals surface area contributed by atoms with Crippen molar-refractivity contribution in [3.05, 3.63) is 0 Å². The van der Waals surface area contributed by atoms with Gasteiger partial charge in [0, 0.05) is 13.1 Å². The van der Waals surface area contributed by atoms with Crippen LogP contribution in [0, 0.1) is 0 Å². The lowest BCUT2D eigenvalue weighted by Gasteiger charge is -2.07. The standard InChI is InChI=1S/C4H11NO2/c1-2-5(7)3-4-6/h6-7H,2-4H2,1H3. The van der Waals surface area contributed by atoms with E-state index in [2.05, 4.69) is 0 Å². The lowest BCUT2D eigenvalue weighted by Crippen LogP contribution is -2.21. The molecule has 0 saturated carbocycles. The summed E-state index contributed by atoms with van der Waals surface area (Å²) in [6, 6.07) is 0. The topological polar surface area (TPSA) is 43.7 Å². The highest BCUT2D eigenvalue weighted by atomic mass is 16.5. The number of aliphatic hydroxyl groups excluding tert-OH is 1. The Hall–Kier alpha value is -0.120. The summed E-state index contributed by atoms with van der Waals surface area (Å²) in [5, 5.41) is 17.8. The van der Waals surface area contributed by atoms with Crippen LogP contribution in [0.2, 0.25) is 0 Å². The number of hydrogen-bond acceptors (Lipinski definition) is 3. The Morgan fingerprint density at radius 3 is 2.29 bits per heavy atom. The molecule has 3 heteroatoms. The average Bonchev–Trinajstić information content (AvgIpc) is 1.68. The van der Waals surface area contributed by atoms with Crippen LogP contribution in [0.3, 0.4) is 0 Å². The van der Waals surface area contributed by atoms with E-state index >= 15 is 0 Å². The predicted octanol–water partition coefficient (Wildman–Crippen LogP) is -0.310. The Bertz CT molecular complexity index is 40.7. The molecule has 0 amide bonds. The molecule has 0 aliphatic heterocycles. The van der Waals surface area contributed by atoms with Crippen molar-refractivity contribution < 1.29 is 10.3 Å². The Morgan fingerprint density at radius 1 is 1.57 bits per heavy atom. The highest BCUT2D eigenvalue weighted by Gasteiger charge is 1.89. The molecule has 0 rings (SSSR count). The van der Waals surface area contributed by atoms with Crippen molar-refractivity contribution in [2.75, 3.05) is 19.7 Å². The maximum Gasteiger partial charge on any atom is 0.0581 e. The van der Waals surface area contributed by atoms with Gasteiger partial charge in [-0.2, -0.15) is 5.06 Å². The van der Waals surface area contributed by atoms with E-state index in [1.807, 2.05) is 6.92 Å². The first-order valence-electron chi connectivity index (χ1n) is 2.36. The van der Waals surface area contributed by atoms with Gasteiger partial charge in [-0.3, -0.25) is 0 Å². The van der Waals surface area contributed by atoms with Crippen LogP contribution in [0.1, 0.15) is 6.92 Å². The van der Waals surface area contributed by atoms with Crippen LogP contribution in [-0.4, -0.2) is 35.1 Å². The number of rotatable bonds is 3. The maximum atomic E-state index is 8.53. The highest BCUT2D eigenvalue weighted by molar-refractivity contribution is 4.34. The van der Waals surface area contributed by atoms with Crippen LogP contribution in [-0.2, 0) is 0 Å². The Labute approximate surface area is 43.1 Å². The molecule has 0 heterocycles. The minimum Gasteiger partial charge on any atom is -0.395 e. The summed E-state index contributed by atoms with van der Waals surface area (Å²) in [6.45, 7) is 2.75. The van der Waals surface area contributed by atoms with Gasteiger partial charge in [0.1, 0.15) is 0 Å². The van der Waals surface area contributed by atoms with Crippen LogP contribution in [0.5, 0.6) is 0 Å². The fourth-order valence-electron chi connectivity index (χ4n) is 0.274. The third kappa shape index (κ3) is 3.72. The lowest BCUT2D eigenvalue weighted by molar-refractivity contribution is -0.0938. The van der Waals surface area contributed by atoms with Gasteiger partial charge in [-0.15, -0.1) is 0 Å². The zero-order chi connectivity index (χ0) is 5.70. The quantitative estimate of drug-likeness (QED) is 0.484. The normalized spacial score (nSPS) is 10.3. The highest BCUT2D eigenvalue weighted by Crippen LogP contribution is 1.74. The summed E-state index contributed by atoms with van der Waals surface area (Å²) in [4.78, 5) is 0. The van der Waals surface area contributed by atoms with Gasteiger partial charge >= 0.3 is 0 Å². The van der Waals surface area contributed by atoms with Crippen molar-refractivity contribution in [3.8, 4) is 0 Å². The molecular weight excluding hydrogens is 94.0 g/mol. The van der Waals surface area contributed by atoms with E-state index in [4.69, 9.17) is 10.3 Å². The molecule has 0 aliphatic rings. The zero-order valence-corrected chi connectivity index (χ0v) is 4.46. The van der Waals surface area contributed by atoms with Gasteiger partial charge in [0.05, 0.1) is 6.61 Å². The van der Waals surface area contributed by atoms with Gasteiger partial charge in [-0.25, -0.2) is 0 Å². The largest absolute Gasteiger partial charge is 0.395 e. The second-order valence-electron chi connectivity index (χ2n) is 1.27. The molecule has 0 atom stereocenters. The first-order valence-corrected chi connectivity index (χ1v) is 2.36. The molecule has 0 spiro atoms. The summed E-state index contributed by atoms with van der Waals surface area (Å²) in [5.41, 5.74) is 0. The van der Waals surface area contributed by atoms with Crippen molar-refractivity contribution in [1.29, 1.82) is 0 Å². The zero-order valence-electron chi connectivity index (χ0n) is 4.46. The molecule has 0 unspecified atom stereocenters. The van der Waals surface area contributed by atoms with Gasteiger partial charge in [-0.1, -0.05) is 6.92 Å². The van der Waals surface area contributed by atoms with Gasteiger partial charge in [-0.05, 0) is 0 Å². The minimum atomic E-state index is 0.0182. The molecule has 0 aromatic rings. The first-order chi connectivity index (χ1) is 3.31.